The average Bonchev–Trinajstić information content (AvgIpc) is 1.88. The zero-order valence-corrected chi connectivity index (χ0v) is 7.39. The van der Waals surface area contributed by atoms with Crippen LogP contribution in [0.15, 0.2) is 24.0 Å². The van der Waals surface area contributed by atoms with Crippen molar-refractivity contribution < 1.29 is 0 Å². The molecule has 0 aromatic rings. The van der Waals surface area contributed by atoms with E-state index in [0.29, 0.717) is 0 Å². The molecular weight excluding hydrogens is 122 g/mol. The van der Waals surface area contributed by atoms with Gasteiger partial charge in [0, 0.05) is 13.2 Å². The molecule has 0 radical (unpaired) electrons. The van der Waals surface area contributed by atoms with Crippen molar-refractivity contribution in [2.45, 2.75) is 27.2 Å². The molecule has 0 saturated heterocycles. The van der Waals surface area contributed by atoms with E-state index in [1.54, 1.807) is 0 Å². The van der Waals surface area contributed by atoms with E-state index in [2.05, 4.69) is 24.9 Å². The molecule has 0 saturated carbocycles. The fourth-order valence-electron chi connectivity index (χ4n) is 0.717. The zero-order valence-electron chi connectivity index (χ0n) is 7.39. The van der Waals surface area contributed by atoms with Crippen molar-refractivity contribution in [3.05, 3.63) is 24.0 Å². The molecule has 0 rings (SSSR count). The summed E-state index contributed by atoms with van der Waals surface area (Å²) in [6.45, 7) is 6.32. The smallest absolute Gasteiger partial charge is 0.0106 e. The van der Waals surface area contributed by atoms with Crippen LogP contribution in [0, 0.1) is 0 Å². The van der Waals surface area contributed by atoms with Crippen LogP contribution in [-0.2, 0) is 0 Å². The molecule has 0 atom stereocenters. The molecule has 0 aromatic heterocycles. The minimum absolute atomic E-state index is 1.13. The van der Waals surface area contributed by atoms with Crippen molar-refractivity contribution in [2.24, 2.45) is 0 Å². The van der Waals surface area contributed by atoms with E-state index in [-0.39, 0.29) is 0 Å². The van der Waals surface area contributed by atoms with Crippen molar-refractivity contribution in [3.8, 4) is 0 Å². The first kappa shape index (κ1) is 9.28. The normalized spacial score (nSPS) is 12.6. The number of nitrogens with zero attached hydrogens (tertiary/aromatic N) is 1. The van der Waals surface area contributed by atoms with Gasteiger partial charge in [0.05, 0.1) is 0 Å². The molecule has 0 aliphatic rings. The Hall–Kier alpha value is -0.720. The molecule has 58 valence electrons. The van der Waals surface area contributed by atoms with E-state index in [4.69, 9.17) is 0 Å². The maximum atomic E-state index is 2.16. The predicted octanol–water partition coefficient (Wildman–Crippen LogP) is 2.77. The highest BCUT2D eigenvalue weighted by Gasteiger charge is 1.84. The Balaban J connectivity index is 3.86. The first-order valence-electron chi connectivity index (χ1n) is 3.72. The van der Waals surface area contributed by atoms with Crippen LogP contribution < -0.4 is 0 Å². The second-order valence-corrected chi connectivity index (χ2v) is 2.48. The van der Waals surface area contributed by atoms with Gasteiger partial charge in [-0.2, -0.15) is 0 Å². The van der Waals surface area contributed by atoms with Gasteiger partial charge in [-0.15, -0.1) is 0 Å². The molecule has 0 aliphatic heterocycles. The maximum Gasteiger partial charge on any atom is 0.0106 e. The lowest BCUT2D eigenvalue weighted by atomic mass is 10.2. The summed E-state index contributed by atoms with van der Waals surface area (Å²) in [6.07, 6.45) is 7.33. The fourth-order valence-corrected chi connectivity index (χ4v) is 0.717. The molecule has 0 aromatic carbocycles. The standard InChI is InChI=1S/C9H17N/c1-5-7-10(4)8-9(3)6-2/h5,7-8H,6H2,1-4H3/b7-5-,9-8+. The number of allylic oxidation sites excluding steroid dienone is 2. The van der Waals surface area contributed by atoms with Crippen LogP contribution >= 0.6 is 0 Å². The topological polar surface area (TPSA) is 3.24 Å². The summed E-state index contributed by atoms with van der Waals surface area (Å²) >= 11 is 0. The summed E-state index contributed by atoms with van der Waals surface area (Å²) < 4.78 is 0. The number of hydrogen-bond donors (Lipinski definition) is 0. The third-order valence-corrected chi connectivity index (χ3v) is 1.37. The van der Waals surface area contributed by atoms with Gasteiger partial charge in [-0.25, -0.2) is 0 Å². The molecule has 0 heterocycles. The number of hydrogen-bond acceptors (Lipinski definition) is 1. The average molecular weight is 139 g/mol. The van der Waals surface area contributed by atoms with Crippen molar-refractivity contribution in [1.82, 2.24) is 4.90 Å². The molecule has 1 nitrogen and oxygen atoms in total. The van der Waals surface area contributed by atoms with Crippen LogP contribution in [0.5, 0.6) is 0 Å². The molecule has 0 N–H and O–H groups in total. The van der Waals surface area contributed by atoms with Gasteiger partial charge in [0.25, 0.3) is 0 Å². The predicted molar refractivity (Wildman–Crippen MR) is 46.6 cm³/mol. The first-order chi connectivity index (χ1) is 4.70. The molecule has 0 fully saturated rings. The highest BCUT2D eigenvalue weighted by molar-refractivity contribution is 4.98. The van der Waals surface area contributed by atoms with E-state index in [1.165, 1.54) is 5.57 Å². The lowest BCUT2D eigenvalue weighted by Crippen LogP contribution is -2.00. The lowest BCUT2D eigenvalue weighted by molar-refractivity contribution is 0.615. The Morgan fingerprint density at radius 1 is 1.50 bits per heavy atom. The molecule has 10 heavy (non-hydrogen) atoms. The summed E-state index contributed by atoms with van der Waals surface area (Å²) in [4.78, 5) is 2.07. The zero-order chi connectivity index (χ0) is 7.98. The van der Waals surface area contributed by atoms with Crippen LogP contribution in [0.2, 0.25) is 0 Å². The Bertz CT molecular complexity index is 134. The fraction of sp³-hybridized carbons (Fsp3) is 0.556. The molecule has 0 aliphatic carbocycles. The van der Waals surface area contributed by atoms with Gasteiger partial charge in [-0.3, -0.25) is 0 Å². The monoisotopic (exact) mass is 139 g/mol. The minimum atomic E-state index is 1.13. The minimum Gasteiger partial charge on any atom is -0.358 e. The van der Waals surface area contributed by atoms with Crippen molar-refractivity contribution in [2.75, 3.05) is 7.05 Å². The summed E-state index contributed by atoms with van der Waals surface area (Å²) in [5.74, 6) is 0. The lowest BCUT2D eigenvalue weighted by Gasteiger charge is -2.07. The summed E-state index contributed by atoms with van der Waals surface area (Å²) in [5, 5.41) is 0. The second-order valence-electron chi connectivity index (χ2n) is 2.48. The Labute approximate surface area is 64.0 Å². The van der Waals surface area contributed by atoms with Crippen LogP contribution in [0.25, 0.3) is 0 Å². The Morgan fingerprint density at radius 2 is 2.10 bits per heavy atom. The van der Waals surface area contributed by atoms with E-state index in [9.17, 15) is 0 Å². The van der Waals surface area contributed by atoms with Crippen LogP contribution in [0.3, 0.4) is 0 Å². The number of rotatable bonds is 3. The van der Waals surface area contributed by atoms with Gasteiger partial charge in [-0.1, -0.05) is 18.6 Å². The molecule has 0 spiro atoms. The molecular formula is C9H17N. The van der Waals surface area contributed by atoms with E-state index in [0.717, 1.165) is 6.42 Å². The van der Waals surface area contributed by atoms with E-state index in [1.807, 2.05) is 26.2 Å². The molecule has 0 unspecified atom stereocenters. The van der Waals surface area contributed by atoms with Gasteiger partial charge in [0.2, 0.25) is 0 Å². The maximum absolute atomic E-state index is 2.16. The largest absolute Gasteiger partial charge is 0.358 e. The summed E-state index contributed by atoms with van der Waals surface area (Å²) in [7, 11) is 2.04. The van der Waals surface area contributed by atoms with Crippen molar-refractivity contribution >= 4 is 0 Å². The molecule has 0 amide bonds. The van der Waals surface area contributed by atoms with Crippen LogP contribution in [0.1, 0.15) is 27.2 Å². The van der Waals surface area contributed by atoms with Crippen molar-refractivity contribution in [3.63, 3.8) is 0 Å². The van der Waals surface area contributed by atoms with Crippen molar-refractivity contribution in [1.29, 1.82) is 0 Å². The van der Waals surface area contributed by atoms with Gasteiger partial charge >= 0.3 is 0 Å². The van der Waals surface area contributed by atoms with Crippen LogP contribution in [-0.4, -0.2) is 11.9 Å². The van der Waals surface area contributed by atoms with Gasteiger partial charge < -0.3 is 4.90 Å². The SMILES string of the molecule is C/C=C\N(C)/C=C(\C)CC. The molecule has 0 bridgehead atoms. The third kappa shape index (κ3) is 4.19. The van der Waals surface area contributed by atoms with E-state index < -0.39 is 0 Å². The van der Waals surface area contributed by atoms with Crippen LogP contribution in [0.4, 0.5) is 0 Å². The summed E-state index contributed by atoms with van der Waals surface area (Å²) in [6, 6.07) is 0. The van der Waals surface area contributed by atoms with E-state index >= 15 is 0 Å². The Morgan fingerprint density at radius 3 is 2.50 bits per heavy atom. The highest BCUT2D eigenvalue weighted by Crippen LogP contribution is 1.99. The second kappa shape index (κ2) is 5.10. The van der Waals surface area contributed by atoms with Gasteiger partial charge in [0.1, 0.15) is 0 Å². The molecule has 1 heteroatoms. The highest BCUT2D eigenvalue weighted by atomic mass is 15.0. The first-order valence-corrected chi connectivity index (χ1v) is 3.72. The Kier molecular flexibility index (Phi) is 4.73. The third-order valence-electron chi connectivity index (χ3n) is 1.37. The van der Waals surface area contributed by atoms with Gasteiger partial charge in [-0.05, 0) is 26.5 Å². The van der Waals surface area contributed by atoms with Gasteiger partial charge in [0.15, 0.2) is 0 Å². The quantitative estimate of drug-likeness (QED) is 0.581. The summed E-state index contributed by atoms with van der Waals surface area (Å²) in [5.41, 5.74) is 1.40.